The fraction of sp³-hybridized carbons (Fsp3) is 0.500. The molecule has 1 aromatic carbocycles. The molecule has 0 atom stereocenters. The van der Waals surface area contributed by atoms with E-state index in [4.69, 9.17) is 14.1 Å². The Morgan fingerprint density at radius 1 is 0.882 bits per heavy atom. The van der Waals surface area contributed by atoms with Gasteiger partial charge in [-0.25, -0.2) is 4.63 Å². The van der Waals surface area contributed by atoms with Crippen molar-refractivity contribution in [1.29, 1.82) is 0 Å². The van der Waals surface area contributed by atoms with Crippen molar-refractivity contribution in [2.24, 2.45) is 0 Å². The highest BCUT2D eigenvalue weighted by Crippen LogP contribution is 2.34. The molecule has 3 rings (SSSR count). The third-order valence-corrected chi connectivity index (χ3v) is 2.89. The predicted molar refractivity (Wildman–Crippen MR) is 61.3 cm³/mol. The lowest BCUT2D eigenvalue weighted by atomic mass is 10.2. The van der Waals surface area contributed by atoms with Gasteiger partial charge in [-0.2, -0.15) is 0 Å². The minimum absolute atomic E-state index is 0.642. The van der Waals surface area contributed by atoms with E-state index in [9.17, 15) is 0 Å². The minimum Gasteiger partial charge on any atom is -0.490 e. The SMILES string of the molecule is c1cc2nonc2c2c1OCCCCCCO2. The number of benzene rings is 1. The second-order valence-corrected chi connectivity index (χ2v) is 4.14. The molecule has 0 saturated carbocycles. The molecule has 0 radical (unpaired) electrons. The summed E-state index contributed by atoms with van der Waals surface area (Å²) >= 11 is 0. The van der Waals surface area contributed by atoms with E-state index in [0.717, 1.165) is 18.6 Å². The van der Waals surface area contributed by atoms with Crippen LogP contribution in [0.4, 0.5) is 0 Å². The van der Waals surface area contributed by atoms with Crippen LogP contribution < -0.4 is 9.47 Å². The highest BCUT2D eigenvalue weighted by atomic mass is 16.6. The van der Waals surface area contributed by atoms with E-state index in [1.165, 1.54) is 12.8 Å². The van der Waals surface area contributed by atoms with Crippen molar-refractivity contribution in [2.75, 3.05) is 13.2 Å². The molecule has 1 aliphatic heterocycles. The molecule has 0 N–H and O–H groups in total. The quantitative estimate of drug-likeness (QED) is 0.701. The number of ether oxygens (including phenoxy) is 2. The standard InChI is InChI=1S/C12H14N2O3/c1-2-4-8-16-12-10(15-7-3-1)6-5-9-11(12)14-17-13-9/h5-6H,1-4,7-8H2. The normalized spacial score (nSPS) is 16.9. The first-order chi connectivity index (χ1) is 8.45. The summed E-state index contributed by atoms with van der Waals surface area (Å²) in [5, 5.41) is 7.67. The minimum atomic E-state index is 0.642. The van der Waals surface area contributed by atoms with Gasteiger partial charge in [-0.1, -0.05) is 0 Å². The third-order valence-electron chi connectivity index (χ3n) is 2.89. The first-order valence-corrected chi connectivity index (χ1v) is 5.96. The highest BCUT2D eigenvalue weighted by molar-refractivity contribution is 5.83. The molecule has 0 aliphatic carbocycles. The van der Waals surface area contributed by atoms with Gasteiger partial charge >= 0.3 is 0 Å². The molecule has 5 nitrogen and oxygen atoms in total. The van der Waals surface area contributed by atoms with Crippen LogP contribution >= 0.6 is 0 Å². The third kappa shape index (κ3) is 2.05. The zero-order chi connectivity index (χ0) is 11.5. The number of rotatable bonds is 0. The van der Waals surface area contributed by atoms with E-state index in [2.05, 4.69) is 10.3 Å². The smallest absolute Gasteiger partial charge is 0.192 e. The van der Waals surface area contributed by atoms with Crippen LogP contribution in [0.15, 0.2) is 16.8 Å². The summed E-state index contributed by atoms with van der Waals surface area (Å²) in [5.74, 6) is 1.39. The number of nitrogens with zero attached hydrogens (tertiary/aromatic N) is 2. The monoisotopic (exact) mass is 234 g/mol. The largest absolute Gasteiger partial charge is 0.490 e. The second-order valence-electron chi connectivity index (χ2n) is 4.14. The molecule has 0 bridgehead atoms. The Bertz CT molecular complexity index is 509. The Labute approximate surface area is 98.7 Å². The summed E-state index contributed by atoms with van der Waals surface area (Å²) in [6, 6.07) is 3.70. The van der Waals surface area contributed by atoms with E-state index in [0.29, 0.717) is 30.0 Å². The van der Waals surface area contributed by atoms with Crippen LogP contribution in [0.2, 0.25) is 0 Å². The molecule has 0 unspecified atom stereocenters. The molecule has 0 spiro atoms. The Balaban J connectivity index is 2.00. The van der Waals surface area contributed by atoms with Gasteiger partial charge in [0.05, 0.1) is 13.2 Å². The van der Waals surface area contributed by atoms with Crippen LogP contribution in [-0.4, -0.2) is 23.5 Å². The molecule has 1 aromatic heterocycles. The van der Waals surface area contributed by atoms with Gasteiger partial charge in [0.1, 0.15) is 5.52 Å². The van der Waals surface area contributed by atoms with Gasteiger partial charge in [0, 0.05) is 0 Å². The molecule has 17 heavy (non-hydrogen) atoms. The van der Waals surface area contributed by atoms with Gasteiger partial charge in [0.25, 0.3) is 0 Å². The van der Waals surface area contributed by atoms with Gasteiger partial charge in [0.15, 0.2) is 17.0 Å². The van der Waals surface area contributed by atoms with Gasteiger partial charge in [0.2, 0.25) is 0 Å². The maximum absolute atomic E-state index is 5.75. The van der Waals surface area contributed by atoms with Crippen molar-refractivity contribution in [3.63, 3.8) is 0 Å². The summed E-state index contributed by atoms with van der Waals surface area (Å²) in [7, 11) is 0. The van der Waals surface area contributed by atoms with Gasteiger partial charge in [-0.3, -0.25) is 0 Å². The zero-order valence-electron chi connectivity index (χ0n) is 9.52. The Kier molecular flexibility index (Phi) is 2.81. The highest BCUT2D eigenvalue weighted by Gasteiger charge is 2.15. The van der Waals surface area contributed by atoms with Crippen LogP contribution in [-0.2, 0) is 0 Å². The summed E-state index contributed by atoms with van der Waals surface area (Å²) in [6.07, 6.45) is 4.49. The lowest BCUT2D eigenvalue weighted by molar-refractivity contribution is 0.245. The molecule has 90 valence electrons. The number of fused-ring (bicyclic) bond motifs is 3. The Morgan fingerprint density at radius 2 is 1.71 bits per heavy atom. The fourth-order valence-electron chi connectivity index (χ4n) is 1.98. The molecule has 1 aliphatic rings. The van der Waals surface area contributed by atoms with Crippen LogP contribution in [0.3, 0.4) is 0 Å². The van der Waals surface area contributed by atoms with Crippen molar-refractivity contribution < 1.29 is 14.1 Å². The van der Waals surface area contributed by atoms with E-state index in [1.54, 1.807) is 0 Å². The number of aromatic nitrogens is 2. The lowest BCUT2D eigenvalue weighted by Crippen LogP contribution is -2.05. The molecule has 2 aromatic rings. The molecule has 5 heteroatoms. The second kappa shape index (κ2) is 4.61. The fourth-order valence-corrected chi connectivity index (χ4v) is 1.98. The summed E-state index contributed by atoms with van der Waals surface area (Å²) < 4.78 is 16.2. The Hall–Kier alpha value is -1.78. The van der Waals surface area contributed by atoms with Crippen molar-refractivity contribution in [2.45, 2.75) is 25.7 Å². The first kappa shape index (κ1) is 10.4. The van der Waals surface area contributed by atoms with Gasteiger partial charge in [-0.05, 0) is 48.1 Å². The van der Waals surface area contributed by atoms with E-state index in [1.807, 2.05) is 12.1 Å². The van der Waals surface area contributed by atoms with Crippen molar-refractivity contribution in [3.8, 4) is 11.5 Å². The summed E-state index contributed by atoms with van der Waals surface area (Å²) in [5.41, 5.74) is 1.34. The average molecular weight is 234 g/mol. The predicted octanol–water partition coefficient (Wildman–Crippen LogP) is 2.55. The molecular formula is C12H14N2O3. The lowest BCUT2D eigenvalue weighted by Gasteiger charge is -2.14. The summed E-state index contributed by atoms with van der Waals surface area (Å²) in [4.78, 5) is 0. The molecule has 0 fully saturated rings. The van der Waals surface area contributed by atoms with E-state index >= 15 is 0 Å². The molecule has 2 heterocycles. The first-order valence-electron chi connectivity index (χ1n) is 5.96. The number of hydrogen-bond acceptors (Lipinski definition) is 5. The van der Waals surface area contributed by atoms with Crippen molar-refractivity contribution in [1.82, 2.24) is 10.3 Å². The number of hydrogen-bond donors (Lipinski definition) is 0. The van der Waals surface area contributed by atoms with Crippen LogP contribution in [0.1, 0.15) is 25.7 Å². The van der Waals surface area contributed by atoms with E-state index < -0.39 is 0 Å². The van der Waals surface area contributed by atoms with Crippen LogP contribution in [0, 0.1) is 0 Å². The molecule has 0 saturated heterocycles. The molecule has 0 amide bonds. The van der Waals surface area contributed by atoms with Gasteiger partial charge in [-0.15, -0.1) is 0 Å². The molecular weight excluding hydrogens is 220 g/mol. The maximum atomic E-state index is 5.75. The topological polar surface area (TPSA) is 57.4 Å². The zero-order valence-corrected chi connectivity index (χ0v) is 9.52. The Morgan fingerprint density at radius 3 is 2.59 bits per heavy atom. The van der Waals surface area contributed by atoms with Crippen molar-refractivity contribution in [3.05, 3.63) is 12.1 Å². The summed E-state index contributed by atoms with van der Waals surface area (Å²) in [6.45, 7) is 1.40. The van der Waals surface area contributed by atoms with Crippen LogP contribution in [0.25, 0.3) is 11.0 Å². The van der Waals surface area contributed by atoms with Gasteiger partial charge < -0.3 is 9.47 Å². The van der Waals surface area contributed by atoms with Crippen molar-refractivity contribution >= 4 is 11.0 Å². The maximum Gasteiger partial charge on any atom is 0.192 e. The van der Waals surface area contributed by atoms with E-state index in [-0.39, 0.29) is 0 Å². The van der Waals surface area contributed by atoms with Crippen LogP contribution in [0.5, 0.6) is 11.5 Å². The average Bonchev–Trinajstić information content (AvgIpc) is 2.83.